The van der Waals surface area contributed by atoms with Gasteiger partial charge in [0.1, 0.15) is 11.6 Å². The van der Waals surface area contributed by atoms with E-state index in [-0.39, 0.29) is 11.9 Å². The number of carbonyl (C=O) groups excluding carboxylic acids is 1. The Morgan fingerprint density at radius 3 is 2.85 bits per heavy atom. The molecule has 1 aliphatic heterocycles. The Labute approximate surface area is 198 Å². The Balaban J connectivity index is 1.09. The highest BCUT2D eigenvalue weighted by atomic mass is 16.3. The normalized spacial score (nSPS) is 24.7. The summed E-state index contributed by atoms with van der Waals surface area (Å²) in [5, 5.41) is 16.9. The van der Waals surface area contributed by atoms with Crippen LogP contribution in [0.15, 0.2) is 36.8 Å². The zero-order valence-corrected chi connectivity index (χ0v) is 19.2. The van der Waals surface area contributed by atoms with Crippen LogP contribution in [-0.4, -0.2) is 50.5 Å². The van der Waals surface area contributed by atoms with Crippen molar-refractivity contribution in [2.24, 2.45) is 17.8 Å². The zero-order valence-electron chi connectivity index (χ0n) is 19.2. The van der Waals surface area contributed by atoms with Crippen LogP contribution in [0.3, 0.4) is 0 Å². The topological polar surface area (TPSA) is 122 Å². The first-order valence-electron chi connectivity index (χ1n) is 11.9. The Morgan fingerprint density at radius 1 is 1.26 bits per heavy atom. The van der Waals surface area contributed by atoms with Gasteiger partial charge in [-0.3, -0.25) is 9.48 Å². The number of fused-ring (bicyclic) bond motifs is 2. The van der Waals surface area contributed by atoms with Gasteiger partial charge in [0.05, 0.1) is 24.3 Å². The number of aliphatic hydroxyl groups is 1. The summed E-state index contributed by atoms with van der Waals surface area (Å²) >= 11 is 0. The molecule has 4 heterocycles. The minimum atomic E-state index is -0.140. The van der Waals surface area contributed by atoms with Gasteiger partial charge in [-0.05, 0) is 66.3 Å². The van der Waals surface area contributed by atoms with Crippen molar-refractivity contribution in [3.63, 3.8) is 0 Å². The van der Waals surface area contributed by atoms with E-state index in [0.717, 1.165) is 54.1 Å². The highest BCUT2D eigenvalue weighted by Crippen LogP contribution is 2.51. The first kappa shape index (κ1) is 21.1. The number of carbonyl (C=O) groups is 1. The Morgan fingerprint density at radius 2 is 2.09 bits per heavy atom. The van der Waals surface area contributed by atoms with Crippen molar-refractivity contribution in [2.45, 2.75) is 32.4 Å². The molecular weight excluding hydrogens is 430 g/mol. The molecule has 176 valence electrons. The fraction of sp³-hybridized carbons (Fsp3) is 0.440. The molecule has 0 bridgehead atoms. The largest absolute Gasteiger partial charge is 0.396 e. The van der Waals surface area contributed by atoms with Crippen molar-refractivity contribution in [1.29, 1.82) is 0 Å². The summed E-state index contributed by atoms with van der Waals surface area (Å²) in [5.74, 6) is 3.13. The second-order valence-electron chi connectivity index (χ2n) is 9.75. The average molecular weight is 460 g/mol. The number of nitrogens with zero attached hydrogens (tertiary/aromatic N) is 5. The second-order valence-corrected chi connectivity index (χ2v) is 9.75. The van der Waals surface area contributed by atoms with Gasteiger partial charge in [0.2, 0.25) is 0 Å². The van der Waals surface area contributed by atoms with Crippen LogP contribution in [0.5, 0.6) is 0 Å². The number of aryl methyl sites for hydroxylation is 1. The molecule has 0 spiro atoms. The number of rotatable bonds is 6. The molecule has 1 amide bonds. The summed E-state index contributed by atoms with van der Waals surface area (Å²) in [6, 6.07) is 6.04. The fourth-order valence-electron chi connectivity index (χ4n) is 5.73. The van der Waals surface area contributed by atoms with E-state index < -0.39 is 0 Å². The highest BCUT2D eigenvalue weighted by Gasteiger charge is 2.55. The zero-order chi connectivity index (χ0) is 23.4. The van der Waals surface area contributed by atoms with Crippen molar-refractivity contribution >= 4 is 17.5 Å². The van der Waals surface area contributed by atoms with Crippen LogP contribution in [0.2, 0.25) is 0 Å². The molecule has 34 heavy (non-hydrogen) atoms. The lowest BCUT2D eigenvalue weighted by molar-refractivity contribution is 0.0936. The number of amides is 1. The van der Waals surface area contributed by atoms with E-state index in [0.29, 0.717) is 42.3 Å². The molecule has 3 aromatic rings. The molecule has 3 atom stereocenters. The minimum Gasteiger partial charge on any atom is -0.396 e. The molecule has 3 aromatic heterocycles. The lowest BCUT2D eigenvalue weighted by Gasteiger charge is -2.21. The van der Waals surface area contributed by atoms with Crippen molar-refractivity contribution in [3.8, 4) is 0 Å². The molecule has 9 heteroatoms. The Bertz CT molecular complexity index is 1240. The second kappa shape index (κ2) is 8.09. The molecule has 2 fully saturated rings. The fourth-order valence-corrected chi connectivity index (χ4v) is 5.73. The number of nitrogen functional groups attached to an aromatic ring is 1. The van der Waals surface area contributed by atoms with Crippen LogP contribution in [0.1, 0.15) is 45.2 Å². The van der Waals surface area contributed by atoms with Crippen molar-refractivity contribution in [3.05, 3.63) is 64.7 Å². The van der Waals surface area contributed by atoms with Crippen LogP contribution in [0.25, 0.3) is 0 Å². The SMILES string of the molecule is Cc1nc(N2CC3C(CO)C3C2)ccc1Cn1cc(C(=O)NC2CCc3c2ccnc3N)cn1. The Kier molecular flexibility index (Phi) is 5.02. The number of hydrogen-bond donors (Lipinski definition) is 3. The number of hydrogen-bond acceptors (Lipinski definition) is 7. The third-order valence-electron chi connectivity index (χ3n) is 7.80. The van der Waals surface area contributed by atoms with Gasteiger partial charge in [0, 0.05) is 37.8 Å². The number of aromatic nitrogens is 4. The Hall–Kier alpha value is -3.46. The predicted octanol–water partition coefficient (Wildman–Crippen LogP) is 1.70. The lowest BCUT2D eigenvalue weighted by Crippen LogP contribution is -2.26. The third kappa shape index (κ3) is 3.60. The summed E-state index contributed by atoms with van der Waals surface area (Å²) < 4.78 is 1.78. The summed E-state index contributed by atoms with van der Waals surface area (Å²) in [6.45, 7) is 4.83. The van der Waals surface area contributed by atoms with E-state index in [4.69, 9.17) is 10.7 Å². The number of pyridine rings is 2. The van der Waals surface area contributed by atoms with Gasteiger partial charge in [-0.1, -0.05) is 6.07 Å². The van der Waals surface area contributed by atoms with E-state index in [1.807, 2.05) is 13.0 Å². The summed E-state index contributed by atoms with van der Waals surface area (Å²) in [4.78, 5) is 24.1. The number of nitrogens with two attached hydrogens (primary N) is 1. The van der Waals surface area contributed by atoms with Crippen LogP contribution < -0.4 is 16.0 Å². The van der Waals surface area contributed by atoms with Crippen molar-refractivity contribution in [1.82, 2.24) is 25.1 Å². The molecule has 6 rings (SSSR count). The number of anilines is 2. The smallest absolute Gasteiger partial charge is 0.254 e. The van der Waals surface area contributed by atoms with E-state index in [2.05, 4.69) is 32.4 Å². The molecule has 1 saturated heterocycles. The van der Waals surface area contributed by atoms with Gasteiger partial charge < -0.3 is 21.1 Å². The maximum atomic E-state index is 12.8. The maximum absolute atomic E-state index is 12.8. The molecule has 0 radical (unpaired) electrons. The minimum absolute atomic E-state index is 0.0561. The molecule has 2 aliphatic carbocycles. The predicted molar refractivity (Wildman–Crippen MR) is 127 cm³/mol. The van der Waals surface area contributed by atoms with Gasteiger partial charge in [0.15, 0.2) is 0 Å². The third-order valence-corrected chi connectivity index (χ3v) is 7.80. The lowest BCUT2D eigenvalue weighted by atomic mass is 10.1. The van der Waals surface area contributed by atoms with E-state index in [1.54, 1.807) is 23.3 Å². The van der Waals surface area contributed by atoms with Gasteiger partial charge >= 0.3 is 0 Å². The summed E-state index contributed by atoms with van der Waals surface area (Å²) in [6.07, 6.45) is 6.72. The van der Waals surface area contributed by atoms with Crippen LogP contribution in [-0.2, 0) is 13.0 Å². The van der Waals surface area contributed by atoms with Crippen molar-refractivity contribution < 1.29 is 9.90 Å². The first-order chi connectivity index (χ1) is 16.5. The average Bonchev–Trinajstić information content (AvgIpc) is 3.27. The number of aliphatic hydroxyl groups excluding tert-OH is 1. The standard InChI is InChI=1S/C25H29N7O2/c1-14-15(2-5-23(29-14)31-11-19-20(12-31)21(19)13-33)9-32-10-16(8-28-32)25(34)30-22-4-3-18-17(22)6-7-27-24(18)26/h2,5-8,10,19-22,33H,3-4,9,11-13H2,1H3,(H2,26,27)(H,30,34). The van der Waals surface area contributed by atoms with Gasteiger partial charge in [-0.25, -0.2) is 9.97 Å². The molecule has 3 unspecified atom stereocenters. The van der Waals surface area contributed by atoms with Gasteiger partial charge in [-0.2, -0.15) is 5.10 Å². The van der Waals surface area contributed by atoms with Crippen LogP contribution >= 0.6 is 0 Å². The maximum Gasteiger partial charge on any atom is 0.254 e. The highest BCUT2D eigenvalue weighted by molar-refractivity contribution is 5.94. The van der Waals surface area contributed by atoms with E-state index >= 15 is 0 Å². The molecule has 4 N–H and O–H groups in total. The van der Waals surface area contributed by atoms with Crippen molar-refractivity contribution in [2.75, 3.05) is 30.3 Å². The molecule has 0 aromatic carbocycles. The number of piperidine rings is 1. The first-order valence-corrected chi connectivity index (χ1v) is 11.9. The summed E-state index contributed by atoms with van der Waals surface area (Å²) in [5.41, 5.74) is 10.6. The molecule has 3 aliphatic rings. The quantitative estimate of drug-likeness (QED) is 0.513. The van der Waals surface area contributed by atoms with E-state index in [9.17, 15) is 9.90 Å². The van der Waals surface area contributed by atoms with E-state index in [1.165, 1.54) is 0 Å². The monoisotopic (exact) mass is 459 g/mol. The van der Waals surface area contributed by atoms with Gasteiger partial charge in [0.25, 0.3) is 5.91 Å². The summed E-state index contributed by atoms with van der Waals surface area (Å²) in [7, 11) is 0. The molecule has 1 saturated carbocycles. The van der Waals surface area contributed by atoms with Crippen LogP contribution in [0.4, 0.5) is 11.6 Å². The molecular formula is C25H29N7O2. The van der Waals surface area contributed by atoms with Crippen LogP contribution in [0, 0.1) is 24.7 Å². The molecule has 9 nitrogen and oxygen atoms in total. The van der Waals surface area contributed by atoms with Gasteiger partial charge in [-0.15, -0.1) is 0 Å². The number of nitrogens with one attached hydrogen (secondary N) is 1.